The first kappa shape index (κ1) is 22.3. The van der Waals surface area contributed by atoms with Crippen LogP contribution in [0.15, 0.2) is 42.5 Å². The number of rotatable bonds is 10. The minimum absolute atomic E-state index is 0.0449. The van der Waals surface area contributed by atoms with Crippen molar-refractivity contribution in [2.24, 2.45) is 0 Å². The number of amides is 2. The number of hydrogen-bond acceptors (Lipinski definition) is 5. The Labute approximate surface area is 178 Å². The number of anilines is 1. The molecule has 0 spiro atoms. The molecule has 2 amide bonds. The highest BCUT2D eigenvalue weighted by atomic mass is 19.3. The molecule has 1 heterocycles. The van der Waals surface area contributed by atoms with Crippen LogP contribution in [-0.4, -0.2) is 45.2 Å². The SMILES string of the molecule is COc1cc(CCNC(=O)COc2cccc(N3CCCC3=O)c2)ccc1OC(F)F. The monoisotopic (exact) mass is 434 g/mol. The van der Waals surface area contributed by atoms with Crippen molar-refractivity contribution in [3.05, 3.63) is 48.0 Å². The minimum atomic E-state index is -2.93. The van der Waals surface area contributed by atoms with Crippen molar-refractivity contribution in [1.82, 2.24) is 5.32 Å². The normalized spacial score (nSPS) is 13.4. The van der Waals surface area contributed by atoms with Crippen LogP contribution < -0.4 is 24.4 Å². The molecule has 1 N–H and O–H groups in total. The van der Waals surface area contributed by atoms with Crippen LogP contribution in [-0.2, 0) is 16.0 Å². The molecule has 0 bridgehead atoms. The summed E-state index contributed by atoms with van der Waals surface area (Å²) in [4.78, 5) is 25.6. The van der Waals surface area contributed by atoms with Crippen molar-refractivity contribution in [1.29, 1.82) is 0 Å². The molecule has 1 aliphatic rings. The van der Waals surface area contributed by atoms with Crippen LogP contribution in [0.2, 0.25) is 0 Å². The molecule has 0 radical (unpaired) electrons. The average molecular weight is 434 g/mol. The molecule has 0 aliphatic carbocycles. The number of carbonyl (C=O) groups is 2. The standard InChI is InChI=1S/C22H24F2N2O5/c1-29-19-12-15(7-8-18(19)31-22(23)24)9-10-25-20(27)14-30-17-5-2-4-16(13-17)26-11-3-6-21(26)28/h2,4-5,7-8,12-13,22H,3,6,9-11,14H2,1H3,(H,25,27). The van der Waals surface area contributed by atoms with Crippen molar-refractivity contribution >= 4 is 17.5 Å². The second-order valence-electron chi connectivity index (χ2n) is 6.90. The van der Waals surface area contributed by atoms with Gasteiger partial charge in [-0.3, -0.25) is 9.59 Å². The van der Waals surface area contributed by atoms with Gasteiger partial charge in [0.15, 0.2) is 18.1 Å². The largest absolute Gasteiger partial charge is 0.493 e. The molecule has 9 heteroatoms. The van der Waals surface area contributed by atoms with Crippen LogP contribution in [0.1, 0.15) is 18.4 Å². The Hall–Kier alpha value is -3.36. The van der Waals surface area contributed by atoms with Gasteiger partial charge in [-0.25, -0.2) is 0 Å². The lowest BCUT2D eigenvalue weighted by atomic mass is 10.1. The van der Waals surface area contributed by atoms with Crippen LogP contribution in [0, 0.1) is 0 Å². The Morgan fingerprint density at radius 3 is 2.74 bits per heavy atom. The van der Waals surface area contributed by atoms with Gasteiger partial charge in [0.2, 0.25) is 5.91 Å². The number of benzene rings is 2. The molecule has 0 saturated carbocycles. The van der Waals surface area contributed by atoms with Crippen LogP contribution >= 0.6 is 0 Å². The molecule has 1 fully saturated rings. The van der Waals surface area contributed by atoms with Gasteiger partial charge in [0.1, 0.15) is 5.75 Å². The Morgan fingerprint density at radius 2 is 2.03 bits per heavy atom. The summed E-state index contributed by atoms with van der Waals surface area (Å²) >= 11 is 0. The van der Waals surface area contributed by atoms with Crippen molar-refractivity contribution in [2.75, 3.05) is 31.7 Å². The first-order valence-electron chi connectivity index (χ1n) is 9.88. The van der Waals surface area contributed by atoms with E-state index in [1.807, 2.05) is 6.07 Å². The predicted octanol–water partition coefficient (Wildman–Crippen LogP) is 3.16. The highest BCUT2D eigenvalue weighted by molar-refractivity contribution is 5.95. The summed E-state index contributed by atoms with van der Waals surface area (Å²) in [5.74, 6) is 0.444. The number of ether oxygens (including phenoxy) is 3. The van der Waals surface area contributed by atoms with Gasteiger partial charge in [-0.05, 0) is 42.7 Å². The molecule has 1 saturated heterocycles. The van der Waals surface area contributed by atoms with Crippen LogP contribution in [0.5, 0.6) is 17.2 Å². The van der Waals surface area contributed by atoms with Gasteiger partial charge in [0.25, 0.3) is 5.91 Å². The first-order valence-corrected chi connectivity index (χ1v) is 9.88. The van der Waals surface area contributed by atoms with Gasteiger partial charge < -0.3 is 24.4 Å². The van der Waals surface area contributed by atoms with Gasteiger partial charge in [0, 0.05) is 31.3 Å². The average Bonchev–Trinajstić information content (AvgIpc) is 3.19. The summed E-state index contributed by atoms with van der Waals surface area (Å²) in [6.45, 7) is -2.08. The molecule has 3 rings (SSSR count). The van der Waals surface area contributed by atoms with E-state index < -0.39 is 6.61 Å². The maximum atomic E-state index is 12.4. The van der Waals surface area contributed by atoms with Crippen molar-refractivity contribution in [2.45, 2.75) is 25.9 Å². The van der Waals surface area contributed by atoms with E-state index >= 15 is 0 Å². The lowest BCUT2D eigenvalue weighted by molar-refractivity contribution is -0.123. The summed E-state index contributed by atoms with van der Waals surface area (Å²) in [7, 11) is 1.37. The predicted molar refractivity (Wildman–Crippen MR) is 110 cm³/mol. The number of alkyl halides is 2. The van der Waals surface area contributed by atoms with Crippen molar-refractivity contribution in [3.8, 4) is 17.2 Å². The van der Waals surface area contributed by atoms with E-state index in [1.165, 1.54) is 13.2 Å². The third-order valence-electron chi connectivity index (χ3n) is 4.75. The third-order valence-corrected chi connectivity index (χ3v) is 4.75. The highest BCUT2D eigenvalue weighted by Crippen LogP contribution is 2.29. The van der Waals surface area contributed by atoms with Crippen molar-refractivity contribution < 1.29 is 32.6 Å². The molecule has 0 atom stereocenters. The Bertz CT molecular complexity index is 923. The van der Waals surface area contributed by atoms with Gasteiger partial charge in [-0.2, -0.15) is 8.78 Å². The van der Waals surface area contributed by atoms with E-state index in [-0.39, 0.29) is 29.9 Å². The lowest BCUT2D eigenvalue weighted by Gasteiger charge is -2.16. The van der Waals surface area contributed by atoms with Crippen LogP contribution in [0.4, 0.5) is 14.5 Å². The number of nitrogens with zero attached hydrogens (tertiary/aromatic N) is 1. The van der Waals surface area contributed by atoms with E-state index in [4.69, 9.17) is 9.47 Å². The zero-order valence-electron chi connectivity index (χ0n) is 17.1. The van der Waals surface area contributed by atoms with E-state index in [0.717, 1.165) is 17.7 Å². The number of nitrogens with one attached hydrogen (secondary N) is 1. The van der Waals surface area contributed by atoms with E-state index in [2.05, 4.69) is 10.1 Å². The maximum Gasteiger partial charge on any atom is 0.387 e. The van der Waals surface area contributed by atoms with Gasteiger partial charge >= 0.3 is 6.61 Å². The molecular formula is C22H24F2N2O5. The summed E-state index contributed by atoms with van der Waals surface area (Å²) in [5.41, 5.74) is 1.55. The summed E-state index contributed by atoms with van der Waals surface area (Å²) in [6, 6.07) is 11.7. The number of hydrogen-bond donors (Lipinski definition) is 1. The Morgan fingerprint density at radius 1 is 1.19 bits per heavy atom. The number of methoxy groups -OCH3 is 1. The number of carbonyl (C=O) groups excluding carboxylic acids is 2. The molecule has 0 unspecified atom stereocenters. The van der Waals surface area contributed by atoms with Gasteiger partial charge in [-0.1, -0.05) is 12.1 Å². The second kappa shape index (κ2) is 10.6. The lowest BCUT2D eigenvalue weighted by Crippen LogP contribution is -2.30. The van der Waals surface area contributed by atoms with E-state index in [0.29, 0.717) is 31.7 Å². The second-order valence-corrected chi connectivity index (χ2v) is 6.90. The molecule has 2 aromatic rings. The Kier molecular flexibility index (Phi) is 7.64. The third kappa shape index (κ3) is 6.31. The molecule has 31 heavy (non-hydrogen) atoms. The zero-order valence-corrected chi connectivity index (χ0v) is 17.1. The number of halogens is 2. The molecule has 7 nitrogen and oxygen atoms in total. The minimum Gasteiger partial charge on any atom is -0.493 e. The quantitative estimate of drug-likeness (QED) is 0.622. The van der Waals surface area contributed by atoms with Crippen LogP contribution in [0.25, 0.3) is 0 Å². The summed E-state index contributed by atoms with van der Waals surface area (Å²) < 4.78 is 39.8. The topological polar surface area (TPSA) is 77.1 Å². The molecule has 0 aromatic heterocycles. The van der Waals surface area contributed by atoms with Gasteiger partial charge in [-0.15, -0.1) is 0 Å². The molecule has 2 aromatic carbocycles. The summed E-state index contributed by atoms with van der Waals surface area (Å²) in [6.07, 6.45) is 1.85. The highest BCUT2D eigenvalue weighted by Gasteiger charge is 2.21. The fraction of sp³-hybridized carbons (Fsp3) is 0.364. The van der Waals surface area contributed by atoms with E-state index in [9.17, 15) is 18.4 Å². The maximum absolute atomic E-state index is 12.4. The molecule has 1 aliphatic heterocycles. The fourth-order valence-corrected chi connectivity index (χ4v) is 3.27. The zero-order chi connectivity index (χ0) is 22.2. The smallest absolute Gasteiger partial charge is 0.387 e. The summed E-state index contributed by atoms with van der Waals surface area (Å²) in [5, 5.41) is 2.74. The molecule has 166 valence electrons. The van der Waals surface area contributed by atoms with Gasteiger partial charge in [0.05, 0.1) is 7.11 Å². The fourth-order valence-electron chi connectivity index (χ4n) is 3.27. The Balaban J connectivity index is 1.45. The van der Waals surface area contributed by atoms with E-state index in [1.54, 1.807) is 35.2 Å². The molecular weight excluding hydrogens is 410 g/mol. The van der Waals surface area contributed by atoms with Crippen molar-refractivity contribution in [3.63, 3.8) is 0 Å². The first-order chi connectivity index (χ1) is 15.0. The van der Waals surface area contributed by atoms with Crippen LogP contribution in [0.3, 0.4) is 0 Å².